The number of allylic oxidation sites excluding steroid dienone is 1. The number of carbonyl (C=O) groups is 1. The molecule has 1 atom stereocenters. The molecule has 0 bridgehead atoms. The van der Waals surface area contributed by atoms with Crippen LogP contribution in [0, 0.1) is 0 Å². The maximum Gasteiger partial charge on any atom is 0.303 e. The molecule has 0 aliphatic heterocycles. The number of hydrogen-bond donors (Lipinski definition) is 2. The van der Waals surface area contributed by atoms with Gasteiger partial charge in [-0.25, -0.2) is 0 Å². The molecule has 0 aromatic heterocycles. The fraction of sp³-hybridized carbons (Fsp3) is 0.842. The molecule has 0 saturated carbocycles. The Balaban J connectivity index is 4.58. The van der Waals surface area contributed by atoms with Gasteiger partial charge in [0, 0.05) is 6.42 Å². The SMILES string of the molecule is CCC/C=C/CC(O)C[N+](CCC)(CCC)CCCCC(=O)O. The summed E-state index contributed by atoms with van der Waals surface area (Å²) in [7, 11) is 0. The Bertz CT molecular complexity index is 323. The first-order valence-electron chi connectivity index (χ1n) is 9.39. The fourth-order valence-electron chi connectivity index (χ4n) is 3.34. The van der Waals surface area contributed by atoms with E-state index >= 15 is 0 Å². The Morgan fingerprint density at radius 1 is 1.00 bits per heavy atom. The van der Waals surface area contributed by atoms with Gasteiger partial charge >= 0.3 is 5.97 Å². The molecule has 0 radical (unpaired) electrons. The molecular formula is C19H38NO3+. The fourth-order valence-corrected chi connectivity index (χ4v) is 3.34. The zero-order valence-corrected chi connectivity index (χ0v) is 15.5. The highest BCUT2D eigenvalue weighted by Gasteiger charge is 2.28. The van der Waals surface area contributed by atoms with Gasteiger partial charge in [-0.15, -0.1) is 0 Å². The summed E-state index contributed by atoms with van der Waals surface area (Å²) >= 11 is 0. The van der Waals surface area contributed by atoms with Gasteiger partial charge in [0.1, 0.15) is 12.6 Å². The summed E-state index contributed by atoms with van der Waals surface area (Å²) in [5.74, 6) is -0.713. The first-order chi connectivity index (χ1) is 11.0. The number of aliphatic carboxylic acids is 1. The lowest BCUT2D eigenvalue weighted by Gasteiger charge is -2.40. The second-order valence-corrected chi connectivity index (χ2v) is 6.70. The van der Waals surface area contributed by atoms with Gasteiger partial charge in [0.15, 0.2) is 0 Å². The monoisotopic (exact) mass is 328 g/mol. The molecular weight excluding hydrogens is 290 g/mol. The average Bonchev–Trinajstić information content (AvgIpc) is 2.48. The van der Waals surface area contributed by atoms with Crippen LogP contribution in [-0.4, -0.2) is 52.9 Å². The lowest BCUT2D eigenvalue weighted by molar-refractivity contribution is -0.931. The zero-order valence-electron chi connectivity index (χ0n) is 15.5. The molecule has 1 unspecified atom stereocenters. The van der Waals surface area contributed by atoms with Crippen LogP contribution in [0.2, 0.25) is 0 Å². The molecule has 0 rings (SSSR count). The lowest BCUT2D eigenvalue weighted by atomic mass is 10.1. The summed E-state index contributed by atoms with van der Waals surface area (Å²) in [6, 6.07) is 0. The first kappa shape index (κ1) is 22.1. The highest BCUT2D eigenvalue weighted by molar-refractivity contribution is 5.66. The number of nitrogens with zero attached hydrogens (tertiary/aromatic N) is 1. The van der Waals surface area contributed by atoms with E-state index in [0.29, 0.717) is 0 Å². The van der Waals surface area contributed by atoms with Crippen molar-refractivity contribution in [2.45, 2.75) is 78.2 Å². The standard InChI is InChI=1S/C19H37NO3/c1-4-7-8-9-12-18(21)17-20(14-5-2,15-6-3)16-11-10-13-19(22)23/h8-9,18,21H,4-7,10-17H2,1-3H3/p+1/b9-8+. The van der Waals surface area contributed by atoms with E-state index in [2.05, 4.69) is 32.9 Å². The Kier molecular flexibility index (Phi) is 13.0. The van der Waals surface area contributed by atoms with Gasteiger partial charge in [-0.2, -0.15) is 0 Å². The van der Waals surface area contributed by atoms with Crippen LogP contribution >= 0.6 is 0 Å². The molecule has 0 aromatic carbocycles. The molecule has 0 aliphatic rings. The van der Waals surface area contributed by atoms with Crippen molar-refractivity contribution in [3.8, 4) is 0 Å². The number of hydrogen-bond acceptors (Lipinski definition) is 2. The maximum absolute atomic E-state index is 10.7. The third-order valence-electron chi connectivity index (χ3n) is 4.30. The van der Waals surface area contributed by atoms with Gasteiger partial charge in [-0.1, -0.05) is 39.3 Å². The van der Waals surface area contributed by atoms with Gasteiger partial charge in [-0.05, 0) is 38.5 Å². The summed E-state index contributed by atoms with van der Waals surface area (Å²) in [6.07, 6.45) is 11.0. The van der Waals surface area contributed by atoms with Crippen molar-refractivity contribution < 1.29 is 19.5 Å². The largest absolute Gasteiger partial charge is 0.481 e. The van der Waals surface area contributed by atoms with Crippen molar-refractivity contribution in [3.63, 3.8) is 0 Å². The molecule has 0 aliphatic carbocycles. The first-order valence-corrected chi connectivity index (χ1v) is 9.39. The van der Waals surface area contributed by atoms with Gasteiger partial charge < -0.3 is 14.7 Å². The van der Waals surface area contributed by atoms with Crippen molar-refractivity contribution in [2.75, 3.05) is 26.2 Å². The van der Waals surface area contributed by atoms with Crippen molar-refractivity contribution in [1.29, 1.82) is 0 Å². The van der Waals surface area contributed by atoms with Gasteiger partial charge in [-0.3, -0.25) is 4.79 Å². The minimum absolute atomic E-state index is 0.251. The minimum Gasteiger partial charge on any atom is -0.481 e. The van der Waals surface area contributed by atoms with E-state index in [9.17, 15) is 9.90 Å². The highest BCUT2D eigenvalue weighted by atomic mass is 16.4. The molecule has 0 aromatic rings. The Morgan fingerprint density at radius 3 is 2.17 bits per heavy atom. The molecule has 4 nitrogen and oxygen atoms in total. The predicted molar refractivity (Wildman–Crippen MR) is 96.5 cm³/mol. The van der Waals surface area contributed by atoms with E-state index in [1.807, 2.05) is 0 Å². The zero-order chi connectivity index (χ0) is 17.6. The summed E-state index contributed by atoms with van der Waals surface area (Å²) in [6.45, 7) is 10.4. The number of carboxylic acid groups (broad SMARTS) is 1. The minimum atomic E-state index is -0.713. The van der Waals surface area contributed by atoms with Crippen molar-refractivity contribution in [1.82, 2.24) is 0 Å². The smallest absolute Gasteiger partial charge is 0.303 e. The normalized spacial score (nSPS) is 13.6. The average molecular weight is 329 g/mol. The van der Waals surface area contributed by atoms with Gasteiger partial charge in [0.2, 0.25) is 0 Å². The van der Waals surface area contributed by atoms with Crippen LogP contribution in [0.5, 0.6) is 0 Å². The van der Waals surface area contributed by atoms with Crippen LogP contribution in [0.1, 0.15) is 72.1 Å². The number of aliphatic hydroxyl groups is 1. The quantitative estimate of drug-likeness (QED) is 0.271. The molecule has 0 amide bonds. The van der Waals surface area contributed by atoms with E-state index < -0.39 is 5.97 Å². The van der Waals surface area contributed by atoms with E-state index in [1.165, 1.54) is 0 Å². The third-order valence-corrected chi connectivity index (χ3v) is 4.30. The Morgan fingerprint density at radius 2 is 1.65 bits per heavy atom. The van der Waals surface area contributed by atoms with E-state index in [-0.39, 0.29) is 12.5 Å². The van der Waals surface area contributed by atoms with Crippen molar-refractivity contribution in [3.05, 3.63) is 12.2 Å². The number of rotatable bonds is 15. The second kappa shape index (κ2) is 13.6. The molecule has 0 saturated heterocycles. The van der Waals surface area contributed by atoms with Crippen LogP contribution < -0.4 is 0 Å². The molecule has 0 spiro atoms. The van der Waals surface area contributed by atoms with E-state index in [0.717, 1.165) is 75.6 Å². The van der Waals surface area contributed by atoms with Gasteiger partial charge in [0.05, 0.1) is 19.6 Å². The van der Waals surface area contributed by atoms with Crippen molar-refractivity contribution in [2.24, 2.45) is 0 Å². The number of unbranched alkanes of at least 4 members (excludes halogenated alkanes) is 2. The predicted octanol–water partition coefficient (Wildman–Crippen LogP) is 3.99. The van der Waals surface area contributed by atoms with Crippen LogP contribution in [0.25, 0.3) is 0 Å². The van der Waals surface area contributed by atoms with Crippen LogP contribution in [0.15, 0.2) is 12.2 Å². The molecule has 2 N–H and O–H groups in total. The van der Waals surface area contributed by atoms with Crippen LogP contribution in [0.3, 0.4) is 0 Å². The van der Waals surface area contributed by atoms with E-state index in [1.54, 1.807) is 0 Å². The Labute approximate surface area is 142 Å². The molecule has 136 valence electrons. The third kappa shape index (κ3) is 11.3. The maximum atomic E-state index is 10.7. The number of carboxylic acids is 1. The summed E-state index contributed by atoms with van der Waals surface area (Å²) in [4.78, 5) is 10.7. The number of aliphatic hydroxyl groups excluding tert-OH is 1. The van der Waals surface area contributed by atoms with Gasteiger partial charge in [0.25, 0.3) is 0 Å². The second-order valence-electron chi connectivity index (χ2n) is 6.70. The summed E-state index contributed by atoms with van der Waals surface area (Å²) < 4.78 is 0.926. The van der Waals surface area contributed by atoms with Crippen molar-refractivity contribution >= 4 is 5.97 Å². The highest BCUT2D eigenvalue weighted by Crippen LogP contribution is 2.16. The molecule has 0 heterocycles. The van der Waals surface area contributed by atoms with Crippen LogP contribution in [-0.2, 0) is 4.79 Å². The molecule has 23 heavy (non-hydrogen) atoms. The Hall–Kier alpha value is -0.870. The van der Waals surface area contributed by atoms with Crippen LogP contribution in [0.4, 0.5) is 0 Å². The summed E-state index contributed by atoms with van der Waals surface area (Å²) in [5, 5.41) is 19.2. The molecule has 4 heteroatoms. The molecule has 0 fully saturated rings. The van der Waals surface area contributed by atoms with E-state index in [4.69, 9.17) is 5.11 Å². The topological polar surface area (TPSA) is 57.5 Å². The lowest BCUT2D eigenvalue weighted by Crippen LogP contribution is -2.53. The number of quaternary nitrogens is 1. The summed E-state index contributed by atoms with van der Waals surface area (Å²) in [5.41, 5.74) is 0.